The molecule has 2 heterocycles. The molecule has 16 heteroatoms. The van der Waals surface area contributed by atoms with Gasteiger partial charge >= 0.3 is 5.97 Å². The Bertz CT molecular complexity index is 2150. The van der Waals surface area contributed by atoms with Gasteiger partial charge in [-0.25, -0.2) is 0 Å². The van der Waals surface area contributed by atoms with Crippen molar-refractivity contribution in [3.05, 3.63) is 83.6 Å². The first-order chi connectivity index (χ1) is 23.5. The minimum Gasteiger partial charge on any atom is -0.481 e. The number of anilines is 1. The van der Waals surface area contributed by atoms with Crippen molar-refractivity contribution in [2.75, 3.05) is 23.7 Å². The maximum atomic E-state index is 12.0. The predicted molar refractivity (Wildman–Crippen MR) is 194 cm³/mol. The van der Waals surface area contributed by atoms with Crippen LogP contribution in [-0.2, 0) is 46.0 Å². The van der Waals surface area contributed by atoms with Gasteiger partial charge in [0.05, 0.1) is 21.0 Å². The lowest BCUT2D eigenvalue weighted by Gasteiger charge is -2.27. The lowest BCUT2D eigenvalue weighted by atomic mass is 9.81. The Kier molecular flexibility index (Phi) is 11.9. The van der Waals surface area contributed by atoms with Crippen molar-refractivity contribution in [1.82, 2.24) is 0 Å². The topological polar surface area (TPSA) is 207 Å². The van der Waals surface area contributed by atoms with Crippen LogP contribution < -0.4 is 4.90 Å². The average molecular weight is 766 g/mol. The van der Waals surface area contributed by atoms with E-state index in [4.69, 9.17) is 5.11 Å². The first kappa shape index (κ1) is 40.1. The molecule has 0 saturated heterocycles. The second-order valence-corrected chi connectivity index (χ2v) is 18.2. The summed E-state index contributed by atoms with van der Waals surface area (Å²) in [6.07, 6.45) is 11.8. The highest BCUT2D eigenvalue weighted by molar-refractivity contribution is 7.86. The Morgan fingerprint density at radius 2 is 1.39 bits per heavy atom. The molecule has 0 bridgehead atoms. The molecule has 0 aliphatic carbocycles. The molecular formula is C35H45N2O11S3+. The van der Waals surface area contributed by atoms with Gasteiger partial charge in [0.2, 0.25) is 5.69 Å². The summed E-state index contributed by atoms with van der Waals surface area (Å²) < 4.78 is 101. The van der Waals surface area contributed by atoms with Gasteiger partial charge in [0.15, 0.2) is 5.71 Å². The number of allylic oxidation sites excluding steroid dienone is 6. The van der Waals surface area contributed by atoms with Crippen LogP contribution in [-0.4, -0.2) is 79.1 Å². The van der Waals surface area contributed by atoms with Crippen molar-refractivity contribution < 1.29 is 53.4 Å². The zero-order valence-electron chi connectivity index (χ0n) is 29.0. The predicted octanol–water partition coefficient (Wildman–Crippen LogP) is 5.66. The van der Waals surface area contributed by atoms with E-state index in [1.165, 1.54) is 24.3 Å². The lowest BCUT2D eigenvalue weighted by Crippen LogP contribution is -2.28. The molecule has 0 amide bonds. The molecule has 4 rings (SSSR count). The molecule has 13 nitrogen and oxygen atoms in total. The van der Waals surface area contributed by atoms with Crippen molar-refractivity contribution in [3.8, 4) is 0 Å². The van der Waals surface area contributed by atoms with Crippen molar-refractivity contribution in [3.63, 3.8) is 0 Å². The number of unbranched alkanes of at least 4 members (excludes halogenated alkanes) is 3. The molecule has 0 atom stereocenters. The lowest BCUT2D eigenvalue weighted by molar-refractivity contribution is -0.438. The Hall–Kier alpha value is -3.67. The standard InChI is InChI=1S/C35H44N2O11S3/c1-34(2)27-23-25(50(43,44)45)16-18-29(27)36(20-10-6-9-15-33(38)39)31(34)13-7-5-8-14-32-35(3,4)28-24-26(51(46,47)48)17-19-30(28)37(32)21-11-12-22-49(40,41)42/h5,7-8,13-14,16-19,23-24H,6,9-12,15,20-22H2,1-4H3,(H3-,38,39,40,41,42,43,44,45,46,47,48)/p+1. The SMILES string of the molecule is CC1(C)C(/C=C/C=C/C=C2/N(CCCCCC(=O)O)c3ccc(S(=O)(=O)O)cc3C2(C)C)=[N+](CCCCS(=O)(=O)O)c2ccc(S(=O)(=O)O)cc21. The Labute approximate surface area is 300 Å². The zero-order chi connectivity index (χ0) is 38.0. The number of nitrogens with zero attached hydrogens (tertiary/aromatic N) is 2. The third-order valence-corrected chi connectivity index (χ3v) is 11.9. The van der Waals surface area contributed by atoms with E-state index in [0.717, 1.165) is 17.1 Å². The fourth-order valence-electron chi connectivity index (χ4n) is 6.75. The number of hydrogen-bond donors (Lipinski definition) is 4. The highest BCUT2D eigenvalue weighted by atomic mass is 32.2. The van der Waals surface area contributed by atoms with E-state index in [0.29, 0.717) is 55.6 Å². The van der Waals surface area contributed by atoms with Crippen molar-refractivity contribution in [2.45, 2.75) is 86.8 Å². The first-order valence-electron chi connectivity index (χ1n) is 16.4. The largest absolute Gasteiger partial charge is 0.481 e. The molecule has 2 aromatic carbocycles. The summed E-state index contributed by atoms with van der Waals surface area (Å²) in [5, 5.41) is 9.01. The fraction of sp³-hybridized carbons (Fsp3) is 0.429. The molecule has 2 aliphatic heterocycles. The third kappa shape index (κ3) is 9.42. The van der Waals surface area contributed by atoms with Gasteiger partial charge in [-0.2, -0.15) is 29.8 Å². The second-order valence-electron chi connectivity index (χ2n) is 13.7. The summed E-state index contributed by atoms with van der Waals surface area (Å²) in [6.45, 7) is 8.67. The molecule has 0 aromatic heterocycles. The number of rotatable bonds is 16. The van der Waals surface area contributed by atoms with Gasteiger partial charge in [0.25, 0.3) is 30.4 Å². The van der Waals surface area contributed by atoms with Crippen LogP contribution in [0.5, 0.6) is 0 Å². The van der Waals surface area contributed by atoms with Crippen molar-refractivity contribution >= 4 is 53.4 Å². The van der Waals surface area contributed by atoms with Gasteiger partial charge in [0.1, 0.15) is 6.54 Å². The van der Waals surface area contributed by atoms with Gasteiger partial charge in [-0.3, -0.25) is 18.5 Å². The minimum atomic E-state index is -4.46. The van der Waals surface area contributed by atoms with Gasteiger partial charge in [-0.15, -0.1) is 0 Å². The van der Waals surface area contributed by atoms with Gasteiger partial charge < -0.3 is 10.0 Å². The van der Waals surface area contributed by atoms with E-state index < -0.39 is 52.9 Å². The van der Waals surface area contributed by atoms with Crippen molar-refractivity contribution in [2.24, 2.45) is 0 Å². The van der Waals surface area contributed by atoms with Gasteiger partial charge in [0, 0.05) is 53.9 Å². The molecule has 0 unspecified atom stereocenters. The van der Waals surface area contributed by atoms with Crippen LogP contribution in [0.1, 0.15) is 77.3 Å². The highest BCUT2D eigenvalue weighted by Gasteiger charge is 2.45. The molecule has 51 heavy (non-hydrogen) atoms. The molecule has 278 valence electrons. The van der Waals surface area contributed by atoms with E-state index in [1.807, 2.05) is 62.7 Å². The molecule has 2 aliphatic rings. The normalized spacial score (nSPS) is 17.9. The molecule has 0 saturated carbocycles. The molecule has 0 fully saturated rings. The van der Waals surface area contributed by atoms with Gasteiger partial charge in [-0.05, 0) is 75.1 Å². The summed E-state index contributed by atoms with van der Waals surface area (Å²) >= 11 is 0. The maximum Gasteiger partial charge on any atom is 0.303 e. The van der Waals surface area contributed by atoms with E-state index >= 15 is 0 Å². The molecular weight excluding hydrogens is 721 g/mol. The number of hydrogen-bond acceptors (Lipinski definition) is 8. The summed E-state index contributed by atoms with van der Waals surface area (Å²) in [7, 11) is -13.0. The summed E-state index contributed by atoms with van der Waals surface area (Å²) in [5.74, 6) is -1.25. The Morgan fingerprint density at radius 1 is 0.765 bits per heavy atom. The summed E-state index contributed by atoms with van der Waals surface area (Å²) in [6, 6.07) is 8.84. The average Bonchev–Trinajstić information content (AvgIpc) is 3.35. The van der Waals surface area contributed by atoms with Crippen LogP contribution >= 0.6 is 0 Å². The molecule has 0 radical (unpaired) electrons. The number of benzene rings is 2. The summed E-state index contributed by atoms with van der Waals surface area (Å²) in [5.41, 5.74) is 3.17. The number of carbonyl (C=O) groups is 1. The van der Waals surface area contributed by atoms with Crippen LogP contribution in [0.25, 0.3) is 0 Å². The maximum absolute atomic E-state index is 12.0. The number of carboxylic acid groups (broad SMARTS) is 1. The fourth-order valence-corrected chi connectivity index (χ4v) is 8.33. The van der Waals surface area contributed by atoms with E-state index in [2.05, 4.69) is 4.90 Å². The first-order valence-corrected chi connectivity index (χ1v) is 20.9. The zero-order valence-corrected chi connectivity index (χ0v) is 31.4. The molecule has 4 N–H and O–H groups in total. The third-order valence-electron chi connectivity index (χ3n) is 9.36. The van der Waals surface area contributed by atoms with Gasteiger partial charge in [-0.1, -0.05) is 38.5 Å². The Morgan fingerprint density at radius 3 is 2.00 bits per heavy atom. The second kappa shape index (κ2) is 15.1. The Balaban J connectivity index is 1.67. The smallest absolute Gasteiger partial charge is 0.303 e. The van der Waals surface area contributed by atoms with E-state index in [9.17, 15) is 43.7 Å². The van der Waals surface area contributed by atoms with Crippen LogP contribution in [0.3, 0.4) is 0 Å². The minimum absolute atomic E-state index is 0.0716. The quantitative estimate of drug-likeness (QED) is 0.0707. The van der Waals surface area contributed by atoms with E-state index in [1.54, 1.807) is 12.1 Å². The van der Waals surface area contributed by atoms with Crippen LogP contribution in [0.15, 0.2) is 82.3 Å². The van der Waals surface area contributed by atoms with Crippen LogP contribution in [0.2, 0.25) is 0 Å². The van der Waals surface area contributed by atoms with Crippen LogP contribution in [0, 0.1) is 0 Å². The number of aliphatic carboxylic acids is 1. The molecule has 0 spiro atoms. The highest BCUT2D eigenvalue weighted by Crippen LogP contribution is 2.48. The monoisotopic (exact) mass is 765 g/mol. The number of fused-ring (bicyclic) bond motifs is 2. The van der Waals surface area contributed by atoms with Crippen molar-refractivity contribution in [1.29, 1.82) is 0 Å². The van der Waals surface area contributed by atoms with Crippen LogP contribution in [0.4, 0.5) is 11.4 Å². The summed E-state index contributed by atoms with van der Waals surface area (Å²) in [4.78, 5) is 12.6. The van der Waals surface area contributed by atoms with E-state index in [-0.39, 0.29) is 22.6 Å². The number of carboxylic acids is 1. The molecule has 2 aromatic rings.